The number of ether oxygens (including phenoxy) is 3. The average Bonchev–Trinajstić information content (AvgIpc) is 2.81. The number of carbonyl (C=O) groups excluding carboxylic acids is 1. The zero-order chi connectivity index (χ0) is 23.5. The van der Waals surface area contributed by atoms with Gasteiger partial charge < -0.3 is 34.6 Å². The van der Waals surface area contributed by atoms with Crippen LogP contribution in [0.4, 0.5) is 0 Å². The van der Waals surface area contributed by atoms with Gasteiger partial charge in [-0.15, -0.1) is 0 Å². The van der Waals surface area contributed by atoms with Crippen LogP contribution in [0.2, 0.25) is 5.02 Å². The number of aliphatic hydroxyl groups excluding tert-OH is 4. The fourth-order valence-electron chi connectivity index (χ4n) is 3.82. The van der Waals surface area contributed by atoms with Gasteiger partial charge in [0, 0.05) is 17.7 Å². The second-order valence-electron chi connectivity index (χ2n) is 7.60. The molecule has 1 aliphatic rings. The van der Waals surface area contributed by atoms with Gasteiger partial charge in [-0.3, -0.25) is 4.79 Å². The minimum Gasteiger partial charge on any atom is -0.494 e. The number of aliphatic hydroxyl groups is 4. The summed E-state index contributed by atoms with van der Waals surface area (Å²) in [6.45, 7) is 0.638. The van der Waals surface area contributed by atoms with E-state index >= 15 is 0 Å². The van der Waals surface area contributed by atoms with Crippen molar-refractivity contribution in [2.75, 3.05) is 26.9 Å². The lowest BCUT2D eigenvalue weighted by molar-refractivity contribution is -0.355. The third kappa shape index (κ3) is 4.27. The lowest BCUT2D eigenvalue weighted by atomic mass is 9.82. The van der Waals surface area contributed by atoms with Crippen molar-refractivity contribution in [3.63, 3.8) is 0 Å². The van der Waals surface area contributed by atoms with Crippen molar-refractivity contribution in [3.05, 3.63) is 64.2 Å². The van der Waals surface area contributed by atoms with E-state index < -0.39 is 42.6 Å². The topological polar surface area (TPSA) is 126 Å². The van der Waals surface area contributed by atoms with Gasteiger partial charge in [0.05, 0.1) is 19.8 Å². The maximum atomic E-state index is 12.4. The first-order valence-corrected chi connectivity index (χ1v) is 10.5. The van der Waals surface area contributed by atoms with Crippen LogP contribution in [0.5, 0.6) is 5.75 Å². The molecule has 3 atom stereocenters. The summed E-state index contributed by atoms with van der Waals surface area (Å²) in [5.74, 6) is -2.32. The van der Waals surface area contributed by atoms with Crippen LogP contribution in [0, 0.1) is 0 Å². The monoisotopic (exact) mass is 466 g/mol. The van der Waals surface area contributed by atoms with Crippen molar-refractivity contribution in [1.29, 1.82) is 0 Å². The number of hydrogen-bond acceptors (Lipinski definition) is 8. The van der Waals surface area contributed by atoms with Crippen molar-refractivity contribution in [1.82, 2.24) is 0 Å². The standard InChI is InChI=1S/C23H27ClO8/c1-3-31-17-7-4-14(5-8-17)10-15-11-16(6-9-18(15)24)23(30-2)21(29)19(27)20(28)22(12-25,13-26)32-23/h4-9,11,19,21,25-27,29H,3,10,12-13H2,1-2H3/t19-,21+,23-/m0/s1. The van der Waals surface area contributed by atoms with Gasteiger partial charge in [0.25, 0.3) is 0 Å². The molecule has 0 saturated carbocycles. The molecule has 1 fully saturated rings. The third-order valence-electron chi connectivity index (χ3n) is 5.64. The van der Waals surface area contributed by atoms with E-state index in [4.69, 9.17) is 25.8 Å². The van der Waals surface area contributed by atoms with Crippen LogP contribution in [0.25, 0.3) is 0 Å². The molecule has 1 heterocycles. The van der Waals surface area contributed by atoms with Crippen LogP contribution in [-0.2, 0) is 26.5 Å². The van der Waals surface area contributed by atoms with Gasteiger partial charge in [0.2, 0.25) is 11.6 Å². The Labute approximate surface area is 190 Å². The first-order valence-electron chi connectivity index (χ1n) is 10.1. The third-order valence-corrected chi connectivity index (χ3v) is 6.01. The lowest BCUT2D eigenvalue weighted by Gasteiger charge is -2.49. The summed E-state index contributed by atoms with van der Waals surface area (Å²) < 4.78 is 16.7. The molecule has 1 aliphatic heterocycles. The van der Waals surface area contributed by atoms with Crippen molar-refractivity contribution in [2.24, 2.45) is 0 Å². The second kappa shape index (κ2) is 9.84. The molecule has 32 heavy (non-hydrogen) atoms. The van der Waals surface area contributed by atoms with Gasteiger partial charge in [-0.1, -0.05) is 29.8 Å². The van der Waals surface area contributed by atoms with Crippen molar-refractivity contribution in [2.45, 2.75) is 36.9 Å². The molecule has 2 aromatic carbocycles. The number of methoxy groups -OCH3 is 1. The summed E-state index contributed by atoms with van der Waals surface area (Å²) in [6, 6.07) is 12.2. The van der Waals surface area contributed by atoms with E-state index in [1.807, 2.05) is 31.2 Å². The lowest BCUT2D eigenvalue weighted by Crippen LogP contribution is -2.69. The number of carbonyl (C=O) groups is 1. The molecule has 174 valence electrons. The molecular formula is C23H27ClO8. The van der Waals surface area contributed by atoms with Gasteiger partial charge in [0.15, 0.2) is 5.60 Å². The second-order valence-corrected chi connectivity index (χ2v) is 8.01. The van der Waals surface area contributed by atoms with E-state index in [0.717, 1.165) is 11.3 Å². The van der Waals surface area contributed by atoms with Crippen LogP contribution in [-0.4, -0.2) is 70.9 Å². The molecule has 0 spiro atoms. The number of benzene rings is 2. The van der Waals surface area contributed by atoms with Crippen molar-refractivity contribution >= 4 is 17.4 Å². The molecule has 2 aromatic rings. The van der Waals surface area contributed by atoms with E-state index in [-0.39, 0.29) is 5.56 Å². The average molecular weight is 467 g/mol. The Morgan fingerprint density at radius 2 is 1.75 bits per heavy atom. The fourth-order valence-corrected chi connectivity index (χ4v) is 4.00. The van der Waals surface area contributed by atoms with Crippen molar-refractivity contribution in [3.8, 4) is 5.75 Å². The summed E-state index contributed by atoms with van der Waals surface area (Å²) in [5, 5.41) is 41.1. The molecule has 0 aliphatic carbocycles. The summed E-state index contributed by atoms with van der Waals surface area (Å²) >= 11 is 6.40. The number of Topliss-reactive ketones (excluding diaryl/α,β-unsaturated/α-hetero) is 1. The first-order chi connectivity index (χ1) is 15.3. The minimum atomic E-state index is -2.15. The first kappa shape index (κ1) is 24.6. The number of halogens is 1. The van der Waals surface area contributed by atoms with Gasteiger partial charge in [-0.2, -0.15) is 0 Å². The van der Waals surface area contributed by atoms with E-state index in [1.54, 1.807) is 12.1 Å². The van der Waals surface area contributed by atoms with E-state index in [9.17, 15) is 25.2 Å². The Balaban J connectivity index is 2.01. The fraction of sp³-hybridized carbons (Fsp3) is 0.435. The normalized spacial score (nSPS) is 25.0. The number of ketones is 1. The molecule has 4 N–H and O–H groups in total. The molecule has 0 unspecified atom stereocenters. The molecule has 3 rings (SSSR count). The van der Waals surface area contributed by atoms with E-state index in [0.29, 0.717) is 23.6 Å². The molecule has 0 aromatic heterocycles. The Hall–Kier alpha value is -2.04. The highest BCUT2D eigenvalue weighted by atomic mass is 35.5. The van der Waals surface area contributed by atoms with Gasteiger partial charge in [-0.25, -0.2) is 0 Å². The Kier molecular flexibility index (Phi) is 7.57. The molecule has 0 amide bonds. The zero-order valence-electron chi connectivity index (χ0n) is 17.8. The summed E-state index contributed by atoms with van der Waals surface area (Å²) in [6.07, 6.45) is -3.33. The van der Waals surface area contributed by atoms with Crippen LogP contribution in [0.15, 0.2) is 42.5 Å². The molecule has 0 bridgehead atoms. The predicted octanol–water partition coefficient (Wildman–Crippen LogP) is 1.17. The van der Waals surface area contributed by atoms with E-state index in [1.165, 1.54) is 13.2 Å². The quantitative estimate of drug-likeness (QED) is 0.457. The number of hydrogen-bond donors (Lipinski definition) is 4. The maximum Gasteiger partial charge on any atom is 0.225 e. The smallest absolute Gasteiger partial charge is 0.225 e. The Morgan fingerprint density at radius 3 is 2.31 bits per heavy atom. The highest BCUT2D eigenvalue weighted by molar-refractivity contribution is 6.31. The van der Waals surface area contributed by atoms with Gasteiger partial charge in [0.1, 0.15) is 18.0 Å². The van der Waals surface area contributed by atoms with Crippen molar-refractivity contribution < 1.29 is 39.4 Å². The number of rotatable bonds is 8. The molecule has 0 radical (unpaired) electrons. The van der Waals surface area contributed by atoms with Gasteiger partial charge >= 0.3 is 0 Å². The highest BCUT2D eigenvalue weighted by Gasteiger charge is 2.61. The van der Waals surface area contributed by atoms with Gasteiger partial charge in [-0.05, 0) is 48.7 Å². The molecular weight excluding hydrogens is 440 g/mol. The van der Waals surface area contributed by atoms with Crippen LogP contribution in [0.3, 0.4) is 0 Å². The summed E-state index contributed by atoms with van der Waals surface area (Å²) in [4.78, 5) is 12.4. The van der Waals surface area contributed by atoms with Crippen LogP contribution < -0.4 is 4.74 Å². The van der Waals surface area contributed by atoms with Crippen LogP contribution in [0.1, 0.15) is 23.6 Å². The summed E-state index contributed by atoms with van der Waals surface area (Å²) in [7, 11) is 1.23. The SMILES string of the molecule is CCOc1ccc(Cc2cc([C@]3(OC)OC(CO)(CO)C(=O)[C@H](O)[C@H]3O)ccc2Cl)cc1. The van der Waals surface area contributed by atoms with Crippen LogP contribution >= 0.6 is 11.6 Å². The predicted molar refractivity (Wildman–Crippen MR) is 116 cm³/mol. The summed E-state index contributed by atoms with van der Waals surface area (Å²) in [5.41, 5.74) is -0.274. The van der Waals surface area contributed by atoms with E-state index in [2.05, 4.69) is 0 Å². The largest absolute Gasteiger partial charge is 0.494 e. The minimum absolute atomic E-state index is 0.260. The molecule has 9 heteroatoms. The Morgan fingerprint density at radius 1 is 1.09 bits per heavy atom. The molecule has 1 saturated heterocycles. The molecule has 8 nitrogen and oxygen atoms in total. The Bertz CT molecular complexity index is 944. The highest BCUT2D eigenvalue weighted by Crippen LogP contribution is 2.42. The maximum absolute atomic E-state index is 12.4. The zero-order valence-corrected chi connectivity index (χ0v) is 18.6.